The summed E-state index contributed by atoms with van der Waals surface area (Å²) < 4.78 is 0. The largest absolute Gasteiger partial charge is 0.478 e. The Kier molecular flexibility index (Phi) is 5.32. The third kappa shape index (κ3) is 3.91. The molecule has 176 valence electrons. The third-order valence-corrected chi connectivity index (χ3v) is 6.58. The Labute approximate surface area is 204 Å². The number of carbonyl (C=O) groups is 2. The molecule has 0 aliphatic carbocycles. The predicted molar refractivity (Wildman–Crippen MR) is 136 cm³/mol. The zero-order chi connectivity index (χ0) is 24.9. The molecule has 1 aliphatic rings. The Hall–Kier alpha value is -4.19. The number of fused-ring (bicyclic) bond motifs is 1. The van der Waals surface area contributed by atoms with Crippen molar-refractivity contribution < 1.29 is 14.7 Å². The molecule has 1 atom stereocenters. The second-order valence-corrected chi connectivity index (χ2v) is 10.0. The molecule has 1 aliphatic heterocycles. The summed E-state index contributed by atoms with van der Waals surface area (Å²) >= 11 is 0. The summed E-state index contributed by atoms with van der Waals surface area (Å²) in [5, 5.41) is 16.8. The molecule has 0 saturated heterocycles. The van der Waals surface area contributed by atoms with Crippen molar-refractivity contribution in [1.29, 1.82) is 0 Å². The molecule has 6 heteroatoms. The average molecular weight is 466 g/mol. The van der Waals surface area contributed by atoms with Gasteiger partial charge in [-0.2, -0.15) is 5.10 Å². The molecular formula is C29H27N3O3. The number of hydrogen-bond donors (Lipinski definition) is 2. The van der Waals surface area contributed by atoms with Crippen molar-refractivity contribution in [1.82, 2.24) is 10.2 Å². The zero-order valence-electron chi connectivity index (χ0n) is 20.2. The molecule has 0 radical (unpaired) electrons. The highest BCUT2D eigenvalue weighted by atomic mass is 16.4. The normalized spacial score (nSPS) is 15.4. The molecule has 0 spiro atoms. The molecule has 4 aromatic rings. The molecule has 3 aromatic carbocycles. The van der Waals surface area contributed by atoms with Crippen molar-refractivity contribution in [3.05, 3.63) is 106 Å². The van der Waals surface area contributed by atoms with Crippen molar-refractivity contribution in [2.75, 3.05) is 4.90 Å². The summed E-state index contributed by atoms with van der Waals surface area (Å²) in [5.74, 6) is -1.20. The lowest BCUT2D eigenvalue weighted by Gasteiger charge is -2.27. The van der Waals surface area contributed by atoms with E-state index >= 15 is 0 Å². The number of aryl methyl sites for hydroxylation is 1. The quantitative estimate of drug-likeness (QED) is 0.380. The van der Waals surface area contributed by atoms with E-state index in [4.69, 9.17) is 0 Å². The maximum atomic E-state index is 13.7. The van der Waals surface area contributed by atoms with Crippen molar-refractivity contribution in [3.8, 4) is 11.3 Å². The number of nitrogens with zero attached hydrogens (tertiary/aromatic N) is 2. The molecular weight excluding hydrogens is 438 g/mol. The van der Waals surface area contributed by atoms with Gasteiger partial charge in [-0.15, -0.1) is 0 Å². The number of carboxylic acid groups (broad SMARTS) is 1. The highest BCUT2D eigenvalue weighted by Crippen LogP contribution is 2.45. The van der Waals surface area contributed by atoms with E-state index in [0.29, 0.717) is 11.4 Å². The number of benzene rings is 3. The van der Waals surface area contributed by atoms with Crippen LogP contribution in [0.15, 0.2) is 72.8 Å². The Morgan fingerprint density at radius 3 is 2.14 bits per heavy atom. The second kappa shape index (κ2) is 8.24. The third-order valence-electron chi connectivity index (χ3n) is 6.58. The number of carbonyl (C=O) groups excluding carboxylic acids is 1. The molecule has 0 fully saturated rings. The van der Waals surface area contributed by atoms with Crippen LogP contribution in [0.3, 0.4) is 0 Å². The van der Waals surface area contributed by atoms with Crippen LogP contribution in [0.4, 0.5) is 5.69 Å². The minimum atomic E-state index is -1.00. The lowest BCUT2D eigenvalue weighted by molar-refractivity contribution is 0.0696. The number of nitrogens with one attached hydrogen (secondary N) is 1. The maximum Gasteiger partial charge on any atom is 0.335 e. The zero-order valence-corrected chi connectivity index (χ0v) is 20.2. The van der Waals surface area contributed by atoms with Gasteiger partial charge in [-0.3, -0.25) is 14.8 Å². The van der Waals surface area contributed by atoms with E-state index in [1.165, 1.54) is 17.7 Å². The van der Waals surface area contributed by atoms with Crippen molar-refractivity contribution in [2.45, 2.75) is 39.2 Å². The van der Waals surface area contributed by atoms with Crippen LogP contribution < -0.4 is 4.90 Å². The number of aromatic nitrogens is 2. The van der Waals surface area contributed by atoms with Crippen molar-refractivity contribution >= 4 is 17.6 Å². The number of H-pyrrole nitrogens is 1. The maximum absolute atomic E-state index is 13.7. The van der Waals surface area contributed by atoms with Gasteiger partial charge in [0.2, 0.25) is 0 Å². The minimum absolute atomic E-state index is 0.00420. The van der Waals surface area contributed by atoms with Crippen molar-refractivity contribution in [2.24, 2.45) is 0 Å². The van der Waals surface area contributed by atoms with Crippen LogP contribution >= 0.6 is 0 Å². The molecule has 2 N–H and O–H groups in total. The van der Waals surface area contributed by atoms with Gasteiger partial charge < -0.3 is 5.11 Å². The van der Waals surface area contributed by atoms with E-state index < -0.39 is 12.0 Å². The molecule has 2 heterocycles. The fourth-order valence-corrected chi connectivity index (χ4v) is 4.59. The summed E-state index contributed by atoms with van der Waals surface area (Å²) in [6.07, 6.45) is 0. The monoisotopic (exact) mass is 465 g/mol. The Morgan fingerprint density at radius 1 is 0.943 bits per heavy atom. The van der Waals surface area contributed by atoms with Gasteiger partial charge in [0.15, 0.2) is 0 Å². The first-order valence-electron chi connectivity index (χ1n) is 11.6. The fraction of sp³-hybridized carbons (Fsp3) is 0.207. The topological polar surface area (TPSA) is 86.3 Å². The van der Waals surface area contributed by atoms with Gasteiger partial charge in [-0.25, -0.2) is 4.79 Å². The van der Waals surface area contributed by atoms with Gasteiger partial charge in [-0.1, -0.05) is 74.9 Å². The number of hydrogen-bond acceptors (Lipinski definition) is 3. The minimum Gasteiger partial charge on any atom is -0.478 e. The Morgan fingerprint density at radius 2 is 1.57 bits per heavy atom. The van der Waals surface area contributed by atoms with Gasteiger partial charge in [0.05, 0.1) is 17.3 Å². The highest BCUT2D eigenvalue weighted by Gasteiger charge is 2.43. The lowest BCUT2D eigenvalue weighted by atomic mass is 9.85. The summed E-state index contributed by atoms with van der Waals surface area (Å²) in [5.41, 5.74) is 7.06. The smallest absolute Gasteiger partial charge is 0.335 e. The molecule has 0 bridgehead atoms. The summed E-state index contributed by atoms with van der Waals surface area (Å²) in [6.45, 7) is 8.54. The first kappa shape index (κ1) is 22.6. The van der Waals surface area contributed by atoms with Gasteiger partial charge in [-0.05, 0) is 47.7 Å². The van der Waals surface area contributed by atoms with Crippen LogP contribution in [0.5, 0.6) is 0 Å². The van der Waals surface area contributed by atoms with E-state index in [1.54, 1.807) is 17.0 Å². The summed E-state index contributed by atoms with van der Waals surface area (Å²) in [4.78, 5) is 26.7. The Balaban J connectivity index is 1.67. The van der Waals surface area contributed by atoms with Crippen LogP contribution in [0.1, 0.15) is 69.9 Å². The van der Waals surface area contributed by atoms with E-state index in [0.717, 1.165) is 27.9 Å². The summed E-state index contributed by atoms with van der Waals surface area (Å²) in [6, 6.07) is 22.4. The molecule has 1 unspecified atom stereocenters. The van der Waals surface area contributed by atoms with Crippen LogP contribution in [-0.4, -0.2) is 27.2 Å². The average Bonchev–Trinajstić information content (AvgIpc) is 3.38. The molecule has 5 rings (SSSR count). The van der Waals surface area contributed by atoms with Crippen LogP contribution in [-0.2, 0) is 5.41 Å². The molecule has 35 heavy (non-hydrogen) atoms. The highest BCUT2D eigenvalue weighted by molar-refractivity contribution is 6.11. The SMILES string of the molecule is Cc1ccc(-c2n[nH]c3c2C(c2ccc(C(C)(C)C)cc2)N(c2ccc(C(=O)O)cc2)C3=O)cc1. The van der Waals surface area contributed by atoms with Gasteiger partial charge in [0.1, 0.15) is 5.69 Å². The van der Waals surface area contributed by atoms with Crippen LogP contribution in [0.2, 0.25) is 0 Å². The van der Waals surface area contributed by atoms with Gasteiger partial charge in [0, 0.05) is 16.8 Å². The molecule has 1 amide bonds. The van der Waals surface area contributed by atoms with E-state index in [9.17, 15) is 14.7 Å². The molecule has 1 aromatic heterocycles. The number of amides is 1. The van der Waals surface area contributed by atoms with Gasteiger partial charge in [0.25, 0.3) is 5.91 Å². The molecule has 6 nitrogen and oxygen atoms in total. The second-order valence-electron chi connectivity index (χ2n) is 10.0. The van der Waals surface area contributed by atoms with E-state index in [-0.39, 0.29) is 16.9 Å². The van der Waals surface area contributed by atoms with Gasteiger partial charge >= 0.3 is 5.97 Å². The number of carboxylic acids is 1. The van der Waals surface area contributed by atoms with E-state index in [1.807, 2.05) is 31.2 Å². The fourth-order valence-electron chi connectivity index (χ4n) is 4.59. The first-order chi connectivity index (χ1) is 16.6. The van der Waals surface area contributed by atoms with E-state index in [2.05, 4.69) is 55.2 Å². The van der Waals surface area contributed by atoms with Crippen molar-refractivity contribution in [3.63, 3.8) is 0 Å². The standard InChI is InChI=1S/C29H27N3O3/c1-17-5-7-18(8-6-17)24-23-25(31-30-24)27(33)32(22-15-11-20(12-16-22)28(34)35)26(23)19-9-13-21(14-10-19)29(2,3)4/h5-16,26H,1-4H3,(H,30,31)(H,34,35). The predicted octanol–water partition coefficient (Wildman–Crippen LogP) is 6.13. The molecule has 0 saturated carbocycles. The number of anilines is 1. The number of aromatic amines is 1. The van der Waals surface area contributed by atoms with Crippen LogP contribution in [0, 0.1) is 6.92 Å². The first-order valence-corrected chi connectivity index (χ1v) is 11.6. The lowest BCUT2D eigenvalue weighted by Crippen LogP contribution is -2.29. The Bertz CT molecular complexity index is 1410. The van der Waals surface area contributed by atoms with Crippen LogP contribution in [0.25, 0.3) is 11.3 Å². The number of rotatable bonds is 4. The number of aromatic carboxylic acids is 1. The summed E-state index contributed by atoms with van der Waals surface area (Å²) in [7, 11) is 0.